The fourth-order valence-corrected chi connectivity index (χ4v) is 2.46. The maximum atomic E-state index is 5.44. The molecule has 0 aromatic heterocycles. The summed E-state index contributed by atoms with van der Waals surface area (Å²) < 4.78 is 16.1. The summed E-state index contributed by atoms with van der Waals surface area (Å²) in [6.45, 7) is 4.72. The van der Waals surface area contributed by atoms with Crippen molar-refractivity contribution >= 4 is 0 Å². The Morgan fingerprint density at radius 2 is 1.95 bits per heavy atom. The smallest absolute Gasteiger partial charge is 0.161 e. The van der Waals surface area contributed by atoms with E-state index in [0.29, 0.717) is 6.04 Å². The summed E-state index contributed by atoms with van der Waals surface area (Å²) in [6, 6.07) is 4.63. The van der Waals surface area contributed by atoms with Gasteiger partial charge in [0.2, 0.25) is 0 Å². The van der Waals surface area contributed by atoms with E-state index in [9.17, 15) is 0 Å². The number of benzene rings is 1. The molecule has 1 aromatic carbocycles. The molecule has 1 saturated heterocycles. The van der Waals surface area contributed by atoms with Crippen molar-refractivity contribution in [2.75, 3.05) is 34.5 Å². The molecule has 0 aliphatic carbocycles. The summed E-state index contributed by atoms with van der Waals surface area (Å²) in [5.41, 5.74) is 2.50. The van der Waals surface area contributed by atoms with Gasteiger partial charge in [-0.3, -0.25) is 4.90 Å². The number of ether oxygens (including phenoxy) is 3. The van der Waals surface area contributed by atoms with Gasteiger partial charge < -0.3 is 14.2 Å². The van der Waals surface area contributed by atoms with Crippen LogP contribution in [0.3, 0.4) is 0 Å². The van der Waals surface area contributed by atoms with E-state index < -0.39 is 0 Å². The lowest BCUT2D eigenvalue weighted by Gasteiger charge is -2.24. The van der Waals surface area contributed by atoms with Crippen LogP contribution in [0.15, 0.2) is 12.1 Å². The highest BCUT2D eigenvalue weighted by Crippen LogP contribution is 2.31. The second-order valence-electron chi connectivity index (χ2n) is 5.07. The van der Waals surface area contributed by atoms with Crippen LogP contribution in [0, 0.1) is 6.92 Å². The average molecular weight is 265 g/mol. The predicted molar refractivity (Wildman–Crippen MR) is 75.0 cm³/mol. The third-order valence-electron chi connectivity index (χ3n) is 3.79. The van der Waals surface area contributed by atoms with Crippen LogP contribution in [0.2, 0.25) is 0 Å². The molecule has 0 N–H and O–H groups in total. The zero-order valence-corrected chi connectivity index (χ0v) is 12.2. The van der Waals surface area contributed by atoms with Gasteiger partial charge in [-0.2, -0.15) is 0 Å². The predicted octanol–water partition coefficient (Wildman–Crippen LogP) is 2.23. The Hall–Kier alpha value is -1.26. The maximum absolute atomic E-state index is 5.44. The quantitative estimate of drug-likeness (QED) is 0.817. The standard InChI is InChI=1S/C15H23NO3/c1-11-7-14(17-3)15(18-4)8-12(11)9-16(2)13-5-6-19-10-13/h7-8,13H,5-6,9-10H2,1-4H3/t13-/m0/s1. The van der Waals surface area contributed by atoms with Crippen molar-refractivity contribution in [2.24, 2.45) is 0 Å². The number of hydrogen-bond donors (Lipinski definition) is 0. The monoisotopic (exact) mass is 265 g/mol. The Balaban J connectivity index is 2.14. The molecule has 0 radical (unpaired) electrons. The van der Waals surface area contributed by atoms with Crippen LogP contribution in [0.5, 0.6) is 11.5 Å². The topological polar surface area (TPSA) is 30.9 Å². The number of nitrogens with zero attached hydrogens (tertiary/aromatic N) is 1. The van der Waals surface area contributed by atoms with Crippen LogP contribution in [-0.2, 0) is 11.3 Å². The molecule has 2 rings (SSSR count). The van der Waals surface area contributed by atoms with Crippen molar-refractivity contribution in [3.63, 3.8) is 0 Å². The maximum Gasteiger partial charge on any atom is 0.161 e. The molecule has 1 heterocycles. The first-order chi connectivity index (χ1) is 9.15. The lowest BCUT2D eigenvalue weighted by molar-refractivity contribution is 0.156. The van der Waals surface area contributed by atoms with Crippen LogP contribution in [0.25, 0.3) is 0 Å². The number of hydrogen-bond acceptors (Lipinski definition) is 4. The van der Waals surface area contributed by atoms with Gasteiger partial charge in [0, 0.05) is 19.2 Å². The lowest BCUT2D eigenvalue weighted by atomic mass is 10.1. The van der Waals surface area contributed by atoms with Crippen molar-refractivity contribution < 1.29 is 14.2 Å². The third-order valence-corrected chi connectivity index (χ3v) is 3.79. The summed E-state index contributed by atoms with van der Waals surface area (Å²) >= 11 is 0. The molecule has 0 unspecified atom stereocenters. The molecule has 4 heteroatoms. The first-order valence-electron chi connectivity index (χ1n) is 6.65. The minimum Gasteiger partial charge on any atom is -0.493 e. The third kappa shape index (κ3) is 3.19. The van der Waals surface area contributed by atoms with Gasteiger partial charge in [0.1, 0.15) is 0 Å². The van der Waals surface area contributed by atoms with E-state index in [0.717, 1.165) is 37.7 Å². The van der Waals surface area contributed by atoms with Crippen molar-refractivity contribution in [3.8, 4) is 11.5 Å². The molecular formula is C15H23NO3. The van der Waals surface area contributed by atoms with Gasteiger partial charge >= 0.3 is 0 Å². The van der Waals surface area contributed by atoms with E-state index in [1.807, 2.05) is 6.07 Å². The fraction of sp³-hybridized carbons (Fsp3) is 0.600. The molecule has 106 valence electrons. The van der Waals surface area contributed by atoms with Crippen molar-refractivity contribution in [1.82, 2.24) is 4.90 Å². The van der Waals surface area contributed by atoms with Crippen LogP contribution < -0.4 is 9.47 Å². The molecule has 0 amide bonds. The lowest BCUT2D eigenvalue weighted by Crippen LogP contribution is -2.31. The van der Waals surface area contributed by atoms with Gasteiger partial charge in [-0.15, -0.1) is 0 Å². The van der Waals surface area contributed by atoms with Gasteiger partial charge in [0.05, 0.1) is 20.8 Å². The number of methoxy groups -OCH3 is 2. The van der Waals surface area contributed by atoms with Gasteiger partial charge in [0.25, 0.3) is 0 Å². The normalized spacial score (nSPS) is 18.9. The van der Waals surface area contributed by atoms with Crippen molar-refractivity contribution in [3.05, 3.63) is 23.3 Å². The van der Waals surface area contributed by atoms with Crippen LogP contribution in [0.4, 0.5) is 0 Å². The first kappa shape index (κ1) is 14.2. The van der Waals surface area contributed by atoms with Gasteiger partial charge in [0.15, 0.2) is 11.5 Å². The second-order valence-corrected chi connectivity index (χ2v) is 5.07. The molecule has 0 bridgehead atoms. The zero-order valence-electron chi connectivity index (χ0n) is 12.2. The van der Waals surface area contributed by atoms with Crippen molar-refractivity contribution in [2.45, 2.75) is 25.9 Å². The van der Waals surface area contributed by atoms with Gasteiger partial charge in [-0.25, -0.2) is 0 Å². The highest BCUT2D eigenvalue weighted by Gasteiger charge is 2.21. The molecule has 0 spiro atoms. The Morgan fingerprint density at radius 3 is 2.53 bits per heavy atom. The Morgan fingerprint density at radius 1 is 1.26 bits per heavy atom. The number of rotatable bonds is 5. The molecular weight excluding hydrogens is 242 g/mol. The SMILES string of the molecule is COc1cc(C)c(CN(C)[C@H]2CCOC2)cc1OC. The second kappa shape index (κ2) is 6.26. The number of likely N-dealkylation sites (N-methyl/N-ethyl adjacent to an activating group) is 1. The Kier molecular flexibility index (Phi) is 4.66. The van der Waals surface area contributed by atoms with E-state index in [1.54, 1.807) is 14.2 Å². The highest BCUT2D eigenvalue weighted by atomic mass is 16.5. The summed E-state index contributed by atoms with van der Waals surface area (Å²) in [4.78, 5) is 2.35. The Labute approximate surface area is 115 Å². The highest BCUT2D eigenvalue weighted by molar-refractivity contribution is 5.47. The number of aryl methyl sites for hydroxylation is 1. The summed E-state index contributed by atoms with van der Waals surface area (Å²) in [6.07, 6.45) is 1.11. The average Bonchev–Trinajstić information content (AvgIpc) is 2.94. The summed E-state index contributed by atoms with van der Waals surface area (Å²) in [5.74, 6) is 1.58. The molecule has 1 aliphatic heterocycles. The van der Waals surface area contributed by atoms with E-state index in [-0.39, 0.29) is 0 Å². The minimum atomic E-state index is 0.521. The van der Waals surface area contributed by atoms with Crippen LogP contribution in [-0.4, -0.2) is 45.4 Å². The van der Waals surface area contributed by atoms with Gasteiger partial charge in [-0.1, -0.05) is 0 Å². The van der Waals surface area contributed by atoms with E-state index in [2.05, 4.69) is 24.9 Å². The van der Waals surface area contributed by atoms with Crippen molar-refractivity contribution in [1.29, 1.82) is 0 Å². The van der Waals surface area contributed by atoms with E-state index in [4.69, 9.17) is 14.2 Å². The fourth-order valence-electron chi connectivity index (χ4n) is 2.46. The molecule has 1 aromatic rings. The molecule has 0 saturated carbocycles. The first-order valence-corrected chi connectivity index (χ1v) is 6.65. The van der Waals surface area contributed by atoms with Crippen LogP contribution >= 0.6 is 0 Å². The van der Waals surface area contributed by atoms with Gasteiger partial charge in [-0.05, 0) is 43.7 Å². The molecule has 1 fully saturated rings. The molecule has 19 heavy (non-hydrogen) atoms. The van der Waals surface area contributed by atoms with E-state index in [1.165, 1.54) is 11.1 Å². The summed E-state index contributed by atoms with van der Waals surface area (Å²) in [5, 5.41) is 0. The van der Waals surface area contributed by atoms with E-state index >= 15 is 0 Å². The molecule has 1 aliphatic rings. The molecule has 1 atom stereocenters. The van der Waals surface area contributed by atoms with Crippen LogP contribution in [0.1, 0.15) is 17.5 Å². The Bertz CT molecular complexity index is 428. The minimum absolute atomic E-state index is 0.521. The zero-order chi connectivity index (χ0) is 13.8. The summed E-state index contributed by atoms with van der Waals surface area (Å²) in [7, 11) is 5.49. The largest absolute Gasteiger partial charge is 0.493 e. The molecule has 4 nitrogen and oxygen atoms in total.